The van der Waals surface area contributed by atoms with Crippen LogP contribution in [0.1, 0.15) is 45.4 Å². The summed E-state index contributed by atoms with van der Waals surface area (Å²) in [6, 6.07) is 10.1. The van der Waals surface area contributed by atoms with Crippen molar-refractivity contribution >= 4 is 15.9 Å². The lowest BCUT2D eigenvalue weighted by Crippen LogP contribution is -2.26. The summed E-state index contributed by atoms with van der Waals surface area (Å²) in [5.41, 5.74) is 1.25. The Morgan fingerprint density at radius 2 is 1.95 bits per heavy atom. The van der Waals surface area contributed by atoms with Crippen molar-refractivity contribution in [3.8, 4) is 5.69 Å². The first-order chi connectivity index (χ1) is 10.2. The molecule has 1 aromatic heterocycles. The van der Waals surface area contributed by atoms with E-state index < -0.39 is 0 Å². The molecule has 5 heteroatoms. The van der Waals surface area contributed by atoms with Gasteiger partial charge in [-0.2, -0.15) is 4.68 Å². The fraction of sp³-hybridized carbons (Fsp3) is 0.562. The second-order valence-corrected chi connectivity index (χ2v) is 6.17. The van der Waals surface area contributed by atoms with Crippen LogP contribution in [0.4, 0.5) is 0 Å². The molecule has 2 rings (SSSR count). The van der Waals surface area contributed by atoms with Crippen LogP contribution in [-0.2, 0) is 6.42 Å². The van der Waals surface area contributed by atoms with Crippen molar-refractivity contribution in [3.63, 3.8) is 0 Å². The lowest BCUT2D eigenvalue weighted by molar-refractivity contribution is 0.276. The van der Waals surface area contributed by atoms with E-state index in [9.17, 15) is 0 Å². The van der Waals surface area contributed by atoms with E-state index in [1.165, 1.54) is 19.3 Å². The third-order valence-electron chi connectivity index (χ3n) is 4.16. The Hall–Kier alpha value is -1.23. The molecule has 0 saturated heterocycles. The highest BCUT2D eigenvalue weighted by Crippen LogP contribution is 2.34. The number of para-hydroxylation sites is 1. The van der Waals surface area contributed by atoms with Gasteiger partial charge >= 0.3 is 0 Å². The molecule has 0 aliphatic carbocycles. The Morgan fingerprint density at radius 3 is 2.57 bits per heavy atom. The predicted molar refractivity (Wildman–Crippen MR) is 88.9 cm³/mol. The SMILES string of the molecule is CCCCC(CC)(CBr)Cc1nnnn1-c1ccccc1. The number of hydrogen-bond donors (Lipinski definition) is 0. The molecule has 1 unspecified atom stereocenters. The van der Waals surface area contributed by atoms with Crippen LogP contribution in [0, 0.1) is 5.41 Å². The average molecular weight is 351 g/mol. The summed E-state index contributed by atoms with van der Waals surface area (Å²) in [5, 5.41) is 13.3. The van der Waals surface area contributed by atoms with Gasteiger partial charge in [0, 0.05) is 11.8 Å². The zero-order valence-electron chi connectivity index (χ0n) is 12.8. The Morgan fingerprint density at radius 1 is 1.19 bits per heavy atom. The zero-order chi connectivity index (χ0) is 15.1. The molecule has 0 spiro atoms. The highest BCUT2D eigenvalue weighted by atomic mass is 79.9. The average Bonchev–Trinajstić information content (AvgIpc) is 3.00. The summed E-state index contributed by atoms with van der Waals surface area (Å²) in [5.74, 6) is 0.943. The van der Waals surface area contributed by atoms with E-state index in [1.54, 1.807) is 0 Å². The number of hydrogen-bond acceptors (Lipinski definition) is 3. The van der Waals surface area contributed by atoms with Crippen LogP contribution in [0.5, 0.6) is 0 Å². The topological polar surface area (TPSA) is 43.6 Å². The molecule has 1 heterocycles. The molecule has 2 aromatic rings. The number of rotatable bonds is 8. The Kier molecular flexibility index (Phi) is 5.91. The lowest BCUT2D eigenvalue weighted by Gasteiger charge is -2.30. The first-order valence-corrected chi connectivity index (χ1v) is 8.75. The highest BCUT2D eigenvalue weighted by Gasteiger charge is 2.29. The summed E-state index contributed by atoms with van der Waals surface area (Å²) in [7, 11) is 0. The van der Waals surface area contributed by atoms with Crippen molar-refractivity contribution in [2.75, 3.05) is 5.33 Å². The van der Waals surface area contributed by atoms with Crippen molar-refractivity contribution in [1.29, 1.82) is 0 Å². The van der Waals surface area contributed by atoms with Crippen LogP contribution in [0.15, 0.2) is 30.3 Å². The first-order valence-electron chi connectivity index (χ1n) is 7.63. The minimum Gasteiger partial charge on any atom is -0.197 e. The summed E-state index contributed by atoms with van der Waals surface area (Å²) in [4.78, 5) is 0. The van der Waals surface area contributed by atoms with E-state index in [2.05, 4.69) is 45.3 Å². The highest BCUT2D eigenvalue weighted by molar-refractivity contribution is 9.09. The number of benzene rings is 1. The van der Waals surface area contributed by atoms with E-state index in [-0.39, 0.29) is 5.41 Å². The maximum Gasteiger partial charge on any atom is 0.157 e. The van der Waals surface area contributed by atoms with Crippen molar-refractivity contribution in [1.82, 2.24) is 20.2 Å². The number of nitrogens with zero attached hydrogens (tertiary/aromatic N) is 4. The third kappa shape index (κ3) is 3.90. The molecular formula is C16H23BrN4. The van der Waals surface area contributed by atoms with E-state index in [4.69, 9.17) is 0 Å². The zero-order valence-corrected chi connectivity index (χ0v) is 14.4. The fourth-order valence-corrected chi connectivity index (χ4v) is 3.45. The summed E-state index contributed by atoms with van der Waals surface area (Å²) in [6.45, 7) is 4.50. The molecule has 1 aromatic carbocycles. The van der Waals surface area contributed by atoms with Gasteiger partial charge in [-0.05, 0) is 40.8 Å². The van der Waals surface area contributed by atoms with Crippen LogP contribution in [0.3, 0.4) is 0 Å². The normalized spacial score (nSPS) is 14.0. The predicted octanol–water partition coefficient (Wildman–Crippen LogP) is 4.19. The van der Waals surface area contributed by atoms with E-state index in [0.29, 0.717) is 0 Å². The Labute approximate surface area is 135 Å². The number of unbranched alkanes of at least 4 members (excludes halogenated alkanes) is 1. The van der Waals surface area contributed by atoms with Gasteiger partial charge < -0.3 is 0 Å². The molecule has 0 bridgehead atoms. The minimum absolute atomic E-state index is 0.233. The van der Waals surface area contributed by atoms with Gasteiger partial charge in [0.15, 0.2) is 5.82 Å². The second kappa shape index (κ2) is 7.69. The summed E-state index contributed by atoms with van der Waals surface area (Å²) in [6.07, 6.45) is 5.69. The van der Waals surface area contributed by atoms with E-state index >= 15 is 0 Å². The third-order valence-corrected chi connectivity index (χ3v) is 5.35. The molecule has 4 nitrogen and oxygen atoms in total. The molecule has 0 amide bonds. The van der Waals surface area contributed by atoms with Crippen LogP contribution < -0.4 is 0 Å². The van der Waals surface area contributed by atoms with E-state index in [1.807, 2.05) is 35.0 Å². The van der Waals surface area contributed by atoms with Gasteiger partial charge in [0.05, 0.1) is 5.69 Å². The van der Waals surface area contributed by atoms with Crippen molar-refractivity contribution in [3.05, 3.63) is 36.2 Å². The van der Waals surface area contributed by atoms with Crippen LogP contribution in [0.25, 0.3) is 5.69 Å². The van der Waals surface area contributed by atoms with Gasteiger partial charge in [-0.1, -0.05) is 60.8 Å². The maximum atomic E-state index is 4.26. The number of aromatic nitrogens is 4. The van der Waals surface area contributed by atoms with Crippen molar-refractivity contribution in [2.45, 2.75) is 46.0 Å². The Bertz CT molecular complexity index is 534. The first kappa shape index (κ1) is 16.1. The molecule has 21 heavy (non-hydrogen) atoms. The quantitative estimate of drug-likeness (QED) is 0.670. The molecule has 0 aliphatic heterocycles. The standard InChI is InChI=1S/C16H23BrN4/c1-3-5-11-16(4-2,13-17)12-15-18-19-20-21(15)14-9-7-6-8-10-14/h6-10H,3-5,11-13H2,1-2H3. The number of halogens is 1. The monoisotopic (exact) mass is 350 g/mol. The lowest BCUT2D eigenvalue weighted by atomic mass is 9.79. The molecule has 1 atom stereocenters. The van der Waals surface area contributed by atoms with Crippen LogP contribution >= 0.6 is 15.9 Å². The molecule has 0 saturated carbocycles. The molecule has 0 aliphatic rings. The maximum absolute atomic E-state index is 4.26. The van der Waals surface area contributed by atoms with E-state index in [0.717, 1.165) is 29.7 Å². The molecule has 0 fully saturated rings. The molecular weight excluding hydrogens is 328 g/mol. The molecule has 0 radical (unpaired) electrons. The smallest absolute Gasteiger partial charge is 0.157 e. The Balaban J connectivity index is 2.24. The van der Waals surface area contributed by atoms with Gasteiger partial charge in [-0.25, -0.2) is 0 Å². The molecule has 0 N–H and O–H groups in total. The summed E-state index contributed by atoms with van der Waals surface area (Å²) < 4.78 is 1.86. The van der Waals surface area contributed by atoms with Crippen molar-refractivity contribution < 1.29 is 0 Å². The number of alkyl halides is 1. The minimum atomic E-state index is 0.233. The molecule has 114 valence electrons. The van der Waals surface area contributed by atoms with Gasteiger partial charge in [0.1, 0.15) is 0 Å². The van der Waals surface area contributed by atoms with Crippen molar-refractivity contribution in [2.24, 2.45) is 5.41 Å². The largest absolute Gasteiger partial charge is 0.197 e. The fourth-order valence-electron chi connectivity index (χ4n) is 2.57. The van der Waals surface area contributed by atoms with Gasteiger partial charge in [-0.3, -0.25) is 0 Å². The van der Waals surface area contributed by atoms with Gasteiger partial charge in [0.2, 0.25) is 0 Å². The van der Waals surface area contributed by atoms with Gasteiger partial charge in [-0.15, -0.1) is 5.10 Å². The van der Waals surface area contributed by atoms with Crippen LogP contribution in [0.2, 0.25) is 0 Å². The number of tetrazole rings is 1. The van der Waals surface area contributed by atoms with Gasteiger partial charge in [0.25, 0.3) is 0 Å². The summed E-state index contributed by atoms with van der Waals surface area (Å²) >= 11 is 3.71. The second-order valence-electron chi connectivity index (χ2n) is 5.61. The van der Waals surface area contributed by atoms with Crippen LogP contribution in [-0.4, -0.2) is 25.5 Å².